The summed E-state index contributed by atoms with van der Waals surface area (Å²) in [5.41, 5.74) is 6.84. The Hall–Kier alpha value is -3.43. The summed E-state index contributed by atoms with van der Waals surface area (Å²) in [5.74, 6) is -0.320. The molecule has 0 fully saturated rings. The molecule has 1 aliphatic carbocycles. The van der Waals surface area contributed by atoms with E-state index >= 15 is 0 Å². The third kappa shape index (κ3) is 5.53. The normalized spacial score (nSPS) is 12.9. The molecule has 0 aliphatic heterocycles. The number of carbonyl (C=O) groups is 1. The molecule has 148 valence electrons. The summed E-state index contributed by atoms with van der Waals surface area (Å²) in [6, 6.07) is 15.9. The standard InChI is InChI=1S/C24H24N2O3/c1-2-3-4-6-18-9-11-19(12-10-18)20-13-15-21(16-14-20)24(27)25-22-7-5-8-23(17-22)26(28)29/h5,7,9-16H,2-4,6,8H2,1H3,(H,25,27). The highest BCUT2D eigenvalue weighted by molar-refractivity contribution is 5.96. The van der Waals surface area contributed by atoms with Crippen LogP contribution in [0.4, 0.5) is 0 Å². The zero-order valence-corrected chi connectivity index (χ0v) is 16.5. The van der Waals surface area contributed by atoms with Gasteiger partial charge in [0.25, 0.3) is 11.6 Å². The second kappa shape index (κ2) is 9.67. The Kier molecular flexibility index (Phi) is 6.77. The van der Waals surface area contributed by atoms with Gasteiger partial charge in [-0.15, -0.1) is 0 Å². The van der Waals surface area contributed by atoms with Crippen molar-refractivity contribution in [2.24, 2.45) is 0 Å². The maximum absolute atomic E-state index is 12.4. The minimum absolute atomic E-state index is 0.0590. The number of rotatable bonds is 8. The molecule has 1 N–H and O–H groups in total. The first-order chi connectivity index (χ1) is 14.1. The molecule has 5 heteroatoms. The van der Waals surface area contributed by atoms with E-state index < -0.39 is 4.92 Å². The number of nitrogens with one attached hydrogen (secondary N) is 1. The van der Waals surface area contributed by atoms with Gasteiger partial charge < -0.3 is 5.32 Å². The molecule has 1 aliphatic rings. The van der Waals surface area contributed by atoms with Gasteiger partial charge in [0.15, 0.2) is 0 Å². The quantitative estimate of drug-likeness (QED) is 0.284. The maximum atomic E-state index is 12.4. The molecule has 2 aromatic rings. The monoisotopic (exact) mass is 388 g/mol. The maximum Gasteiger partial charge on any atom is 0.294 e. The minimum Gasteiger partial charge on any atom is -0.315 e. The van der Waals surface area contributed by atoms with Crippen LogP contribution in [-0.2, 0) is 6.42 Å². The first kappa shape index (κ1) is 20.3. The third-order valence-electron chi connectivity index (χ3n) is 4.85. The second-order valence-corrected chi connectivity index (χ2v) is 7.03. The van der Waals surface area contributed by atoms with Crippen LogP contribution in [0.5, 0.6) is 0 Å². The molecule has 5 nitrogen and oxygen atoms in total. The van der Waals surface area contributed by atoms with Gasteiger partial charge in [0.2, 0.25) is 0 Å². The molecule has 1 amide bonds. The smallest absolute Gasteiger partial charge is 0.294 e. The molecule has 0 saturated heterocycles. The van der Waals surface area contributed by atoms with E-state index in [1.54, 1.807) is 24.3 Å². The average molecular weight is 388 g/mol. The Morgan fingerprint density at radius 2 is 1.72 bits per heavy atom. The lowest BCUT2D eigenvalue weighted by atomic mass is 10.0. The van der Waals surface area contributed by atoms with E-state index in [0.29, 0.717) is 11.3 Å². The Balaban J connectivity index is 1.67. The Morgan fingerprint density at radius 3 is 2.34 bits per heavy atom. The van der Waals surface area contributed by atoms with Gasteiger partial charge in [-0.3, -0.25) is 14.9 Å². The summed E-state index contributed by atoms with van der Waals surface area (Å²) in [6.45, 7) is 2.20. The highest BCUT2D eigenvalue weighted by Gasteiger charge is 2.14. The number of hydrogen-bond donors (Lipinski definition) is 1. The molecule has 0 spiro atoms. The molecular formula is C24H24N2O3. The van der Waals surface area contributed by atoms with E-state index in [2.05, 4.69) is 42.2 Å². The summed E-state index contributed by atoms with van der Waals surface area (Å²) in [5, 5.41) is 13.5. The highest BCUT2D eigenvalue weighted by atomic mass is 16.6. The Bertz CT molecular complexity index is 980. The molecule has 0 bridgehead atoms. The zero-order valence-electron chi connectivity index (χ0n) is 16.5. The lowest BCUT2D eigenvalue weighted by Gasteiger charge is -2.08. The van der Waals surface area contributed by atoms with Crippen molar-refractivity contribution in [1.82, 2.24) is 5.32 Å². The van der Waals surface area contributed by atoms with Crippen molar-refractivity contribution in [2.75, 3.05) is 0 Å². The van der Waals surface area contributed by atoms with Crippen LogP contribution < -0.4 is 5.32 Å². The lowest BCUT2D eigenvalue weighted by molar-refractivity contribution is -0.426. The summed E-state index contributed by atoms with van der Waals surface area (Å²) in [6.07, 6.45) is 8.26. The van der Waals surface area contributed by atoms with E-state index in [1.807, 2.05) is 12.1 Å². The molecule has 3 rings (SSSR count). The van der Waals surface area contributed by atoms with Crippen molar-refractivity contribution in [3.8, 4) is 11.1 Å². The fourth-order valence-corrected chi connectivity index (χ4v) is 3.18. The van der Waals surface area contributed by atoms with E-state index in [9.17, 15) is 14.9 Å². The molecular weight excluding hydrogens is 364 g/mol. The first-order valence-electron chi connectivity index (χ1n) is 9.88. The molecule has 0 aromatic heterocycles. The summed E-state index contributed by atoms with van der Waals surface area (Å²) < 4.78 is 0. The van der Waals surface area contributed by atoms with Gasteiger partial charge in [-0.1, -0.05) is 62.2 Å². The van der Waals surface area contributed by atoms with E-state index in [1.165, 1.54) is 24.8 Å². The van der Waals surface area contributed by atoms with Gasteiger partial charge in [-0.25, -0.2) is 0 Å². The number of hydrogen-bond acceptors (Lipinski definition) is 3. The van der Waals surface area contributed by atoms with Crippen LogP contribution in [0.15, 0.2) is 77.8 Å². The second-order valence-electron chi connectivity index (χ2n) is 7.03. The van der Waals surface area contributed by atoms with Crippen molar-refractivity contribution >= 4 is 5.91 Å². The number of amides is 1. The first-order valence-corrected chi connectivity index (χ1v) is 9.88. The van der Waals surface area contributed by atoms with Gasteiger partial charge in [-0.2, -0.15) is 0 Å². The van der Waals surface area contributed by atoms with Crippen molar-refractivity contribution in [3.05, 3.63) is 99.0 Å². The predicted molar refractivity (Wildman–Crippen MR) is 114 cm³/mol. The number of unbranched alkanes of at least 4 members (excludes halogenated alkanes) is 2. The third-order valence-corrected chi connectivity index (χ3v) is 4.85. The van der Waals surface area contributed by atoms with Crippen molar-refractivity contribution in [2.45, 2.75) is 39.0 Å². The SMILES string of the molecule is CCCCCc1ccc(-c2ccc(C(=O)NC3=C=C([N+](=O)[O-])CC=C3)cc2)cc1. The molecule has 0 atom stereocenters. The average Bonchev–Trinajstić information content (AvgIpc) is 2.75. The van der Waals surface area contributed by atoms with Crippen LogP contribution in [0.1, 0.15) is 48.5 Å². The van der Waals surface area contributed by atoms with Gasteiger partial charge in [0, 0.05) is 5.56 Å². The van der Waals surface area contributed by atoms with Gasteiger partial charge in [0.1, 0.15) is 0 Å². The van der Waals surface area contributed by atoms with Crippen LogP contribution in [-0.4, -0.2) is 10.8 Å². The summed E-state index contributed by atoms with van der Waals surface area (Å²) >= 11 is 0. The summed E-state index contributed by atoms with van der Waals surface area (Å²) in [4.78, 5) is 22.8. The van der Waals surface area contributed by atoms with E-state index in [0.717, 1.165) is 17.5 Å². The van der Waals surface area contributed by atoms with Gasteiger partial charge >= 0.3 is 0 Å². The number of allylic oxidation sites excluding steroid dienone is 1. The van der Waals surface area contributed by atoms with E-state index in [-0.39, 0.29) is 18.0 Å². The molecule has 0 saturated carbocycles. The van der Waals surface area contributed by atoms with Gasteiger partial charge in [0.05, 0.1) is 17.0 Å². The number of nitro groups is 1. The molecule has 29 heavy (non-hydrogen) atoms. The predicted octanol–water partition coefficient (Wildman–Crippen LogP) is 5.42. The number of carbonyl (C=O) groups excluding carboxylic acids is 1. The molecule has 0 radical (unpaired) electrons. The van der Waals surface area contributed by atoms with Gasteiger partial charge in [-0.05, 0) is 53.5 Å². The van der Waals surface area contributed by atoms with Crippen LogP contribution in [0.25, 0.3) is 11.1 Å². The number of nitrogens with zero attached hydrogens (tertiary/aromatic N) is 1. The van der Waals surface area contributed by atoms with Crippen molar-refractivity contribution in [1.29, 1.82) is 0 Å². The van der Waals surface area contributed by atoms with Crippen LogP contribution in [0.3, 0.4) is 0 Å². The van der Waals surface area contributed by atoms with Crippen LogP contribution in [0.2, 0.25) is 0 Å². The Morgan fingerprint density at radius 1 is 1.07 bits per heavy atom. The fraction of sp³-hybridized carbons (Fsp3) is 0.250. The number of benzene rings is 2. The summed E-state index contributed by atoms with van der Waals surface area (Å²) in [7, 11) is 0. The Labute approximate surface area is 170 Å². The highest BCUT2D eigenvalue weighted by Crippen LogP contribution is 2.21. The van der Waals surface area contributed by atoms with Crippen molar-refractivity contribution in [3.63, 3.8) is 0 Å². The van der Waals surface area contributed by atoms with E-state index in [4.69, 9.17) is 0 Å². The van der Waals surface area contributed by atoms with Crippen molar-refractivity contribution < 1.29 is 9.72 Å². The largest absolute Gasteiger partial charge is 0.315 e. The lowest BCUT2D eigenvalue weighted by Crippen LogP contribution is -2.22. The number of aryl methyl sites for hydroxylation is 1. The molecule has 0 unspecified atom stereocenters. The van der Waals surface area contributed by atoms with Crippen LogP contribution >= 0.6 is 0 Å². The zero-order chi connectivity index (χ0) is 20.6. The topological polar surface area (TPSA) is 72.2 Å². The van der Waals surface area contributed by atoms with Crippen LogP contribution in [0, 0.1) is 10.1 Å². The fourth-order valence-electron chi connectivity index (χ4n) is 3.18. The molecule has 2 aromatic carbocycles. The molecule has 0 heterocycles. The minimum atomic E-state index is -0.487.